The lowest BCUT2D eigenvalue weighted by Gasteiger charge is -2.44. The lowest BCUT2D eigenvalue weighted by atomic mass is 10.0. The highest BCUT2D eigenvalue weighted by Crippen LogP contribution is 2.19. The molecule has 1 unspecified atom stereocenters. The van der Waals surface area contributed by atoms with E-state index in [1.165, 1.54) is 0 Å². The van der Waals surface area contributed by atoms with Crippen LogP contribution in [0.4, 0.5) is 0 Å². The van der Waals surface area contributed by atoms with Crippen LogP contribution in [0.25, 0.3) is 0 Å². The Hall–Kier alpha value is -0.720. The van der Waals surface area contributed by atoms with E-state index in [1.807, 2.05) is 25.7 Å². The molecule has 1 aliphatic heterocycles. The highest BCUT2D eigenvalue weighted by atomic mass is 32.1. The molecule has 0 radical (unpaired) electrons. The maximum Gasteiger partial charge on any atom is 0.320 e. The molecule has 0 aliphatic carbocycles. The van der Waals surface area contributed by atoms with Crippen molar-refractivity contribution in [3.05, 3.63) is 0 Å². The average molecular weight is 273 g/mol. The molecule has 0 aromatic heterocycles. The van der Waals surface area contributed by atoms with E-state index in [9.17, 15) is 4.79 Å². The van der Waals surface area contributed by atoms with Crippen LogP contribution in [-0.2, 0) is 4.79 Å². The van der Waals surface area contributed by atoms with Crippen LogP contribution in [0.1, 0.15) is 27.2 Å². The first kappa shape index (κ1) is 15.3. The van der Waals surface area contributed by atoms with Crippen LogP contribution in [0.2, 0.25) is 0 Å². The predicted molar refractivity (Wildman–Crippen MR) is 75.7 cm³/mol. The molecular formula is C12H23N3O2S. The summed E-state index contributed by atoms with van der Waals surface area (Å²) in [4.78, 5) is 15.9. The first-order valence-electron chi connectivity index (χ1n) is 6.32. The van der Waals surface area contributed by atoms with Crippen LogP contribution < -0.4 is 5.73 Å². The third-order valence-corrected chi connectivity index (χ3v) is 4.32. The molecule has 1 saturated heterocycles. The Bertz CT molecular complexity index is 325. The molecule has 6 heteroatoms. The molecule has 0 spiro atoms. The predicted octanol–water partition coefficient (Wildman–Crippen LogP) is 0.532. The van der Waals surface area contributed by atoms with Gasteiger partial charge in [-0.3, -0.25) is 14.6 Å². The summed E-state index contributed by atoms with van der Waals surface area (Å²) < 4.78 is 0. The van der Waals surface area contributed by atoms with Gasteiger partial charge in [-0.05, 0) is 20.3 Å². The van der Waals surface area contributed by atoms with Crippen molar-refractivity contribution >= 4 is 23.2 Å². The highest BCUT2D eigenvalue weighted by molar-refractivity contribution is 7.80. The van der Waals surface area contributed by atoms with Gasteiger partial charge in [-0.15, -0.1) is 0 Å². The Labute approximate surface area is 114 Å². The van der Waals surface area contributed by atoms with Crippen molar-refractivity contribution < 1.29 is 9.90 Å². The lowest BCUT2D eigenvalue weighted by Crippen LogP contribution is -2.61. The van der Waals surface area contributed by atoms with Gasteiger partial charge in [0.1, 0.15) is 6.04 Å². The molecule has 104 valence electrons. The molecular weight excluding hydrogens is 250 g/mol. The van der Waals surface area contributed by atoms with E-state index >= 15 is 0 Å². The van der Waals surface area contributed by atoms with Crippen molar-refractivity contribution in [3.8, 4) is 0 Å². The Balaban J connectivity index is 2.61. The standard InChI is InChI=1S/C12H23N3O2S/c1-4-9(10(16)17)14-5-7-15(8-6-14)12(2,3)11(13)18/h9H,4-8H2,1-3H3,(H2,13,18)(H,16,17). The Morgan fingerprint density at radius 3 is 2.22 bits per heavy atom. The number of piperazine rings is 1. The van der Waals surface area contributed by atoms with E-state index in [2.05, 4.69) is 4.90 Å². The minimum Gasteiger partial charge on any atom is -0.480 e. The third-order valence-electron chi connectivity index (χ3n) is 3.82. The number of rotatable bonds is 5. The molecule has 0 amide bonds. The van der Waals surface area contributed by atoms with Crippen LogP contribution in [0.5, 0.6) is 0 Å². The van der Waals surface area contributed by atoms with Crippen LogP contribution in [0, 0.1) is 0 Å². The average Bonchev–Trinajstić information content (AvgIpc) is 2.30. The van der Waals surface area contributed by atoms with E-state index in [0.717, 1.165) is 26.2 Å². The van der Waals surface area contributed by atoms with Crippen LogP contribution in [0.15, 0.2) is 0 Å². The van der Waals surface area contributed by atoms with Crippen molar-refractivity contribution in [3.63, 3.8) is 0 Å². The van der Waals surface area contributed by atoms with Crippen LogP contribution >= 0.6 is 12.2 Å². The Morgan fingerprint density at radius 1 is 1.39 bits per heavy atom. The third kappa shape index (κ3) is 3.18. The molecule has 5 nitrogen and oxygen atoms in total. The smallest absolute Gasteiger partial charge is 0.320 e. The van der Waals surface area contributed by atoms with Gasteiger partial charge in [-0.25, -0.2) is 0 Å². The van der Waals surface area contributed by atoms with E-state index < -0.39 is 5.97 Å². The van der Waals surface area contributed by atoms with Gasteiger partial charge in [-0.2, -0.15) is 0 Å². The molecule has 1 fully saturated rings. The van der Waals surface area contributed by atoms with Gasteiger partial charge in [0.25, 0.3) is 0 Å². The number of nitrogens with two attached hydrogens (primary N) is 1. The number of nitrogens with zero attached hydrogens (tertiary/aromatic N) is 2. The van der Waals surface area contributed by atoms with Gasteiger partial charge in [-0.1, -0.05) is 19.1 Å². The van der Waals surface area contributed by atoms with Gasteiger partial charge in [0, 0.05) is 26.2 Å². The second-order valence-corrected chi connectivity index (χ2v) is 5.65. The fraction of sp³-hybridized carbons (Fsp3) is 0.833. The molecule has 1 aliphatic rings. The van der Waals surface area contributed by atoms with E-state index in [1.54, 1.807) is 0 Å². The number of carbonyl (C=O) groups is 1. The summed E-state index contributed by atoms with van der Waals surface area (Å²) in [7, 11) is 0. The number of hydrogen-bond donors (Lipinski definition) is 2. The SMILES string of the molecule is CCC(C(=O)O)N1CCN(C(C)(C)C(N)=S)CC1. The summed E-state index contributed by atoms with van der Waals surface area (Å²) in [5.41, 5.74) is 5.45. The Kier molecular flexibility index (Phi) is 5.07. The van der Waals surface area contributed by atoms with Gasteiger partial charge < -0.3 is 10.8 Å². The molecule has 0 aromatic rings. The van der Waals surface area contributed by atoms with Gasteiger partial charge in [0.15, 0.2) is 0 Å². The fourth-order valence-corrected chi connectivity index (χ4v) is 2.47. The minimum absolute atomic E-state index is 0.299. The van der Waals surface area contributed by atoms with Crippen LogP contribution in [0.3, 0.4) is 0 Å². The topological polar surface area (TPSA) is 69.8 Å². The molecule has 0 saturated carbocycles. The zero-order valence-corrected chi connectivity index (χ0v) is 12.2. The fourth-order valence-electron chi connectivity index (χ4n) is 2.34. The molecule has 0 bridgehead atoms. The van der Waals surface area contributed by atoms with E-state index in [-0.39, 0.29) is 11.6 Å². The zero-order valence-electron chi connectivity index (χ0n) is 11.3. The molecule has 1 atom stereocenters. The van der Waals surface area contributed by atoms with Crippen LogP contribution in [-0.4, -0.2) is 63.6 Å². The summed E-state index contributed by atoms with van der Waals surface area (Å²) in [5, 5.41) is 9.14. The maximum absolute atomic E-state index is 11.1. The number of aliphatic carboxylic acids is 1. The first-order chi connectivity index (χ1) is 8.30. The number of hydrogen-bond acceptors (Lipinski definition) is 4. The normalized spacial score (nSPS) is 20.6. The van der Waals surface area contributed by atoms with Crippen molar-refractivity contribution in [2.24, 2.45) is 5.73 Å². The van der Waals surface area contributed by atoms with Gasteiger partial charge >= 0.3 is 5.97 Å². The van der Waals surface area contributed by atoms with Crippen molar-refractivity contribution in [2.75, 3.05) is 26.2 Å². The summed E-state index contributed by atoms with van der Waals surface area (Å²) in [5.74, 6) is -0.737. The summed E-state index contributed by atoms with van der Waals surface area (Å²) in [6.45, 7) is 9.03. The molecule has 1 rings (SSSR count). The number of thiocarbonyl (C=S) groups is 1. The van der Waals surface area contributed by atoms with Crippen molar-refractivity contribution in [2.45, 2.75) is 38.8 Å². The number of carboxylic acids is 1. The summed E-state index contributed by atoms with van der Waals surface area (Å²) in [6, 6.07) is -0.375. The lowest BCUT2D eigenvalue weighted by molar-refractivity contribution is -0.144. The number of carboxylic acid groups (broad SMARTS) is 1. The Morgan fingerprint density at radius 2 is 1.89 bits per heavy atom. The monoisotopic (exact) mass is 273 g/mol. The quantitative estimate of drug-likeness (QED) is 0.712. The second kappa shape index (κ2) is 5.95. The summed E-state index contributed by atoms with van der Waals surface area (Å²) >= 11 is 5.09. The first-order valence-corrected chi connectivity index (χ1v) is 6.73. The second-order valence-electron chi connectivity index (χ2n) is 5.21. The van der Waals surface area contributed by atoms with Gasteiger partial charge in [0.2, 0.25) is 0 Å². The van der Waals surface area contributed by atoms with E-state index in [0.29, 0.717) is 11.4 Å². The largest absolute Gasteiger partial charge is 0.480 e. The molecule has 0 aromatic carbocycles. The zero-order chi connectivity index (χ0) is 13.9. The van der Waals surface area contributed by atoms with Gasteiger partial charge in [0.05, 0.1) is 10.5 Å². The minimum atomic E-state index is -0.737. The highest BCUT2D eigenvalue weighted by Gasteiger charge is 2.34. The summed E-state index contributed by atoms with van der Waals surface area (Å²) in [6.07, 6.45) is 0.633. The maximum atomic E-state index is 11.1. The molecule has 1 heterocycles. The van der Waals surface area contributed by atoms with Crippen molar-refractivity contribution in [1.82, 2.24) is 9.80 Å². The molecule has 3 N–H and O–H groups in total. The van der Waals surface area contributed by atoms with Crippen molar-refractivity contribution in [1.29, 1.82) is 0 Å². The molecule has 18 heavy (non-hydrogen) atoms. The van der Waals surface area contributed by atoms with E-state index in [4.69, 9.17) is 23.1 Å².